The van der Waals surface area contributed by atoms with E-state index in [9.17, 15) is 0 Å². The number of likely N-dealkylation sites (tertiary alicyclic amines) is 1. The zero-order valence-electron chi connectivity index (χ0n) is 15.4. The van der Waals surface area contributed by atoms with Crippen LogP contribution in [-0.2, 0) is 6.42 Å². The van der Waals surface area contributed by atoms with Crippen LogP contribution in [0, 0.1) is 12.3 Å². The second-order valence-electron chi connectivity index (χ2n) is 6.19. The summed E-state index contributed by atoms with van der Waals surface area (Å²) in [6, 6.07) is 8.68. The third-order valence-electron chi connectivity index (χ3n) is 4.59. The largest absolute Gasteiger partial charge is 0.481 e. The van der Waals surface area contributed by atoms with Crippen LogP contribution in [0.3, 0.4) is 0 Å². The van der Waals surface area contributed by atoms with E-state index in [2.05, 4.69) is 45.5 Å². The van der Waals surface area contributed by atoms with Gasteiger partial charge in [-0.2, -0.15) is 0 Å². The Hall–Kier alpha value is -2.19. The number of nitrogens with one attached hydrogen (secondary N) is 2. The first-order valence-corrected chi connectivity index (χ1v) is 9.10. The van der Waals surface area contributed by atoms with Gasteiger partial charge in [0, 0.05) is 26.2 Å². The van der Waals surface area contributed by atoms with E-state index in [0.29, 0.717) is 12.6 Å². The van der Waals surface area contributed by atoms with Gasteiger partial charge in [0.25, 0.3) is 0 Å². The van der Waals surface area contributed by atoms with Crippen LogP contribution in [0.25, 0.3) is 0 Å². The summed E-state index contributed by atoms with van der Waals surface area (Å²) in [6.07, 6.45) is 8.69. The number of hydrogen-bond donors (Lipinski definition) is 2. The molecule has 0 aliphatic carbocycles. The van der Waals surface area contributed by atoms with Crippen LogP contribution in [-0.4, -0.2) is 56.7 Å². The van der Waals surface area contributed by atoms with Crippen LogP contribution in [0.1, 0.15) is 25.3 Å². The number of benzene rings is 1. The van der Waals surface area contributed by atoms with Crippen molar-refractivity contribution in [1.82, 2.24) is 15.5 Å². The van der Waals surface area contributed by atoms with E-state index in [1.165, 1.54) is 24.9 Å². The third kappa shape index (κ3) is 6.32. The second kappa shape index (κ2) is 10.6. The lowest BCUT2D eigenvalue weighted by Gasteiger charge is -2.24. The van der Waals surface area contributed by atoms with Gasteiger partial charge in [-0.1, -0.05) is 25.0 Å². The van der Waals surface area contributed by atoms with Gasteiger partial charge in [0.1, 0.15) is 12.4 Å². The summed E-state index contributed by atoms with van der Waals surface area (Å²) >= 11 is 0. The first-order chi connectivity index (χ1) is 12.3. The Labute approximate surface area is 151 Å². The van der Waals surface area contributed by atoms with Crippen molar-refractivity contribution >= 4 is 5.96 Å². The Balaban J connectivity index is 1.69. The van der Waals surface area contributed by atoms with Crippen molar-refractivity contribution in [2.75, 3.05) is 39.8 Å². The molecule has 0 radical (unpaired) electrons. The number of guanidine groups is 1. The van der Waals surface area contributed by atoms with Crippen LogP contribution >= 0.6 is 0 Å². The number of rotatable bonds is 8. The minimum Gasteiger partial charge on any atom is -0.481 e. The zero-order valence-corrected chi connectivity index (χ0v) is 15.4. The predicted molar refractivity (Wildman–Crippen MR) is 104 cm³/mol. The van der Waals surface area contributed by atoms with Gasteiger partial charge in [0.15, 0.2) is 5.96 Å². The van der Waals surface area contributed by atoms with E-state index in [1.54, 1.807) is 0 Å². The highest BCUT2D eigenvalue weighted by Gasteiger charge is 2.22. The average Bonchev–Trinajstić information content (AvgIpc) is 3.11. The Morgan fingerprint density at radius 3 is 2.84 bits per heavy atom. The smallest absolute Gasteiger partial charge is 0.191 e. The molecule has 1 aromatic carbocycles. The lowest BCUT2D eigenvalue weighted by molar-refractivity contribution is 0.267. The van der Waals surface area contributed by atoms with Crippen LogP contribution in [0.4, 0.5) is 0 Å². The van der Waals surface area contributed by atoms with Crippen molar-refractivity contribution < 1.29 is 4.74 Å². The molecule has 1 aliphatic rings. The molecule has 0 saturated carbocycles. The first-order valence-electron chi connectivity index (χ1n) is 9.10. The number of likely N-dealkylation sites (N-methyl/N-ethyl adjacent to an activating group) is 1. The molecular formula is C20H30N4O. The Bertz CT molecular complexity index is 576. The quantitative estimate of drug-likeness (QED) is 0.430. The van der Waals surface area contributed by atoms with Crippen LogP contribution in [0.2, 0.25) is 0 Å². The van der Waals surface area contributed by atoms with E-state index >= 15 is 0 Å². The Morgan fingerprint density at radius 2 is 2.16 bits per heavy atom. The van der Waals surface area contributed by atoms with Crippen molar-refractivity contribution in [2.45, 2.75) is 32.2 Å². The molecule has 136 valence electrons. The SMILES string of the molecule is C#CCOc1ccc(CCNC(=NC)NCC2CCCN2CC)cc1. The van der Waals surface area contributed by atoms with Crippen LogP contribution < -0.4 is 15.4 Å². The molecule has 5 heteroatoms. The minimum absolute atomic E-state index is 0.305. The molecule has 1 aliphatic heterocycles. The van der Waals surface area contributed by atoms with Gasteiger partial charge >= 0.3 is 0 Å². The van der Waals surface area contributed by atoms with E-state index in [4.69, 9.17) is 11.2 Å². The maximum atomic E-state index is 5.38. The second-order valence-corrected chi connectivity index (χ2v) is 6.19. The van der Waals surface area contributed by atoms with Gasteiger partial charge in [-0.15, -0.1) is 6.42 Å². The van der Waals surface area contributed by atoms with Crippen molar-refractivity contribution in [3.63, 3.8) is 0 Å². The average molecular weight is 342 g/mol. The van der Waals surface area contributed by atoms with Gasteiger partial charge in [0.05, 0.1) is 0 Å². The molecule has 1 aromatic rings. The molecule has 5 nitrogen and oxygen atoms in total. The highest BCUT2D eigenvalue weighted by atomic mass is 16.5. The molecule has 25 heavy (non-hydrogen) atoms. The summed E-state index contributed by atoms with van der Waals surface area (Å²) in [5.41, 5.74) is 1.25. The fourth-order valence-corrected chi connectivity index (χ4v) is 3.18. The fourth-order valence-electron chi connectivity index (χ4n) is 3.18. The Kier molecular flexibility index (Phi) is 8.14. The van der Waals surface area contributed by atoms with E-state index in [1.807, 2.05) is 19.2 Å². The number of ether oxygens (including phenoxy) is 1. The van der Waals surface area contributed by atoms with Gasteiger partial charge in [0.2, 0.25) is 0 Å². The summed E-state index contributed by atoms with van der Waals surface area (Å²) in [5, 5.41) is 6.84. The monoisotopic (exact) mass is 342 g/mol. The van der Waals surface area contributed by atoms with Gasteiger partial charge < -0.3 is 15.4 Å². The molecule has 0 amide bonds. The summed E-state index contributed by atoms with van der Waals surface area (Å²) < 4.78 is 5.38. The molecule has 1 atom stereocenters. The molecular weight excluding hydrogens is 312 g/mol. The molecule has 1 heterocycles. The highest BCUT2D eigenvalue weighted by molar-refractivity contribution is 5.79. The van der Waals surface area contributed by atoms with Gasteiger partial charge in [-0.25, -0.2) is 0 Å². The van der Waals surface area contributed by atoms with E-state index < -0.39 is 0 Å². The standard InChI is InChI=1S/C20H30N4O/c1-4-15-25-19-10-8-17(9-11-19)12-13-22-20(21-3)23-16-18-7-6-14-24(18)5-2/h1,8-11,18H,5-7,12-16H2,2-3H3,(H2,21,22,23). The van der Waals surface area contributed by atoms with Gasteiger partial charge in [-0.05, 0) is 50.0 Å². The zero-order chi connectivity index (χ0) is 17.9. The number of hydrogen-bond acceptors (Lipinski definition) is 3. The van der Waals surface area contributed by atoms with E-state index in [0.717, 1.165) is 37.8 Å². The molecule has 2 rings (SSSR count). The summed E-state index contributed by atoms with van der Waals surface area (Å²) in [4.78, 5) is 6.85. The predicted octanol–water partition coefficient (Wildman–Crippen LogP) is 1.89. The molecule has 2 N–H and O–H groups in total. The third-order valence-corrected chi connectivity index (χ3v) is 4.59. The lowest BCUT2D eigenvalue weighted by atomic mass is 10.1. The highest BCUT2D eigenvalue weighted by Crippen LogP contribution is 2.15. The minimum atomic E-state index is 0.305. The molecule has 1 fully saturated rings. The topological polar surface area (TPSA) is 48.9 Å². The van der Waals surface area contributed by atoms with Crippen molar-refractivity contribution in [3.05, 3.63) is 29.8 Å². The maximum Gasteiger partial charge on any atom is 0.191 e. The number of nitrogens with zero attached hydrogens (tertiary/aromatic N) is 2. The normalized spacial score (nSPS) is 18.0. The molecule has 1 unspecified atom stereocenters. The van der Waals surface area contributed by atoms with Crippen molar-refractivity contribution in [3.8, 4) is 18.1 Å². The molecule has 0 aromatic heterocycles. The summed E-state index contributed by atoms with van der Waals surface area (Å²) in [5.74, 6) is 4.15. The lowest BCUT2D eigenvalue weighted by Crippen LogP contribution is -2.45. The maximum absolute atomic E-state index is 5.38. The number of terminal acetylenes is 1. The Morgan fingerprint density at radius 1 is 1.36 bits per heavy atom. The molecule has 0 spiro atoms. The first kappa shape index (κ1) is 19.1. The molecule has 1 saturated heterocycles. The fraction of sp³-hybridized carbons (Fsp3) is 0.550. The summed E-state index contributed by atoms with van der Waals surface area (Å²) in [6.45, 7) is 6.67. The van der Waals surface area contributed by atoms with E-state index in [-0.39, 0.29) is 0 Å². The van der Waals surface area contributed by atoms with Crippen molar-refractivity contribution in [1.29, 1.82) is 0 Å². The van der Waals surface area contributed by atoms with Crippen LogP contribution in [0.15, 0.2) is 29.3 Å². The summed E-state index contributed by atoms with van der Waals surface area (Å²) in [7, 11) is 1.82. The van der Waals surface area contributed by atoms with Crippen molar-refractivity contribution in [2.24, 2.45) is 4.99 Å². The van der Waals surface area contributed by atoms with Crippen LogP contribution in [0.5, 0.6) is 5.75 Å². The number of aliphatic imine (C=N–C) groups is 1. The molecule has 0 bridgehead atoms. The van der Waals surface area contributed by atoms with Gasteiger partial charge in [-0.3, -0.25) is 9.89 Å².